The van der Waals surface area contributed by atoms with E-state index in [1.54, 1.807) is 0 Å². The van der Waals surface area contributed by atoms with Crippen molar-refractivity contribution in [3.8, 4) is 68.9 Å². The Morgan fingerprint density at radius 3 is 1.18 bits per heavy atom. The van der Waals surface area contributed by atoms with Crippen LogP contribution in [0, 0.1) is 68.9 Å². The van der Waals surface area contributed by atoms with Crippen molar-refractivity contribution in [3.05, 3.63) is 105 Å². The molecule has 44 heavy (non-hydrogen) atoms. The molecule has 2 heteroatoms. The Kier molecular flexibility index (Phi) is 16.3. The van der Waals surface area contributed by atoms with Gasteiger partial charge in [-0.25, -0.2) is 0 Å². The molecule has 0 aromatic heterocycles. The van der Waals surface area contributed by atoms with E-state index in [9.17, 15) is 0 Å². The zero-order valence-corrected chi connectivity index (χ0v) is 28.8. The predicted molar refractivity (Wildman–Crippen MR) is 194 cm³/mol. The van der Waals surface area contributed by atoms with Crippen LogP contribution in [0.5, 0.6) is 0 Å². The average molecular weight is 701 g/mol. The maximum atomic E-state index is 3.21. The van der Waals surface area contributed by atoms with E-state index < -0.39 is 0 Å². The second kappa shape index (κ2) is 20.8. The van der Waals surface area contributed by atoms with Gasteiger partial charge < -0.3 is 0 Å². The van der Waals surface area contributed by atoms with Crippen molar-refractivity contribution >= 4 is 31.9 Å². The molecule has 0 aliphatic heterocycles. The highest BCUT2D eigenvalue weighted by atomic mass is 79.9. The minimum atomic E-state index is 0.864. The van der Waals surface area contributed by atoms with Crippen molar-refractivity contribution in [3.63, 3.8) is 0 Å². The van der Waals surface area contributed by atoms with E-state index in [1.165, 1.54) is 62.5 Å². The zero-order valence-electron chi connectivity index (χ0n) is 25.6. The Morgan fingerprint density at radius 2 is 0.795 bits per heavy atom. The lowest BCUT2D eigenvalue weighted by Gasteiger charge is -2.03. The lowest BCUT2D eigenvalue weighted by molar-refractivity contribution is 0.667. The van der Waals surface area contributed by atoms with Gasteiger partial charge in [0.15, 0.2) is 0 Å². The molecule has 0 fully saturated rings. The summed E-state index contributed by atoms with van der Waals surface area (Å²) < 4.78 is 0. The van der Waals surface area contributed by atoms with E-state index in [-0.39, 0.29) is 0 Å². The van der Waals surface area contributed by atoms with Crippen LogP contribution >= 0.6 is 31.9 Å². The van der Waals surface area contributed by atoms with Crippen LogP contribution in [0.4, 0.5) is 0 Å². The molecule has 0 saturated carbocycles. The van der Waals surface area contributed by atoms with Gasteiger partial charge in [-0.1, -0.05) is 94.0 Å². The predicted octanol–water partition coefficient (Wildman–Crippen LogP) is 10.1. The fourth-order valence-electron chi connectivity index (χ4n) is 4.67. The number of aryl methyl sites for hydroxylation is 2. The van der Waals surface area contributed by atoms with E-state index in [0.29, 0.717) is 0 Å². The van der Waals surface area contributed by atoms with Gasteiger partial charge in [0.05, 0.1) is 0 Å². The smallest absolute Gasteiger partial charge is 0.0270 e. The van der Waals surface area contributed by atoms with Crippen molar-refractivity contribution in [2.45, 2.75) is 78.1 Å². The standard InChI is InChI=1S/C42H36Br2/c1-3-5-7-9-18-37-29-39(33-41(31-37)24-26-43)20-13-11-16-35-22-15-23-36(28-35)17-12-14-21-40-30-38(19-10-8-6-4-2)32-42(34-40)25-27-44/h15,22-23,28-34H,3-10,18-19H2,1-2H3. The quantitative estimate of drug-likeness (QED) is 0.146. The first-order valence-electron chi connectivity index (χ1n) is 15.3. The first-order valence-corrected chi connectivity index (χ1v) is 16.9. The summed E-state index contributed by atoms with van der Waals surface area (Å²) in [5.41, 5.74) is 8.06. The summed E-state index contributed by atoms with van der Waals surface area (Å²) in [4.78, 5) is 5.63. The van der Waals surface area contributed by atoms with E-state index in [4.69, 9.17) is 0 Å². The van der Waals surface area contributed by atoms with Crippen molar-refractivity contribution < 1.29 is 0 Å². The average Bonchev–Trinajstić information content (AvgIpc) is 3.02. The highest BCUT2D eigenvalue weighted by molar-refractivity contribution is 9.12. The highest BCUT2D eigenvalue weighted by Gasteiger charge is 2.01. The molecular weight excluding hydrogens is 664 g/mol. The molecular formula is C42H36Br2. The first kappa shape index (κ1) is 34.5. The van der Waals surface area contributed by atoms with Gasteiger partial charge in [0.1, 0.15) is 0 Å². The number of benzene rings is 3. The Labute approximate surface area is 282 Å². The van der Waals surface area contributed by atoms with Crippen molar-refractivity contribution in [1.82, 2.24) is 0 Å². The summed E-state index contributed by atoms with van der Waals surface area (Å²) in [6.45, 7) is 4.46. The van der Waals surface area contributed by atoms with Crippen LogP contribution in [0.2, 0.25) is 0 Å². The maximum Gasteiger partial charge on any atom is 0.0270 e. The molecule has 0 saturated heterocycles. The molecule has 0 heterocycles. The number of halogens is 2. The molecule has 0 radical (unpaired) electrons. The van der Waals surface area contributed by atoms with Crippen molar-refractivity contribution in [2.24, 2.45) is 0 Å². The van der Waals surface area contributed by atoms with Crippen LogP contribution in [0.3, 0.4) is 0 Å². The van der Waals surface area contributed by atoms with Gasteiger partial charge in [-0.2, -0.15) is 0 Å². The molecule has 0 spiro atoms. The van der Waals surface area contributed by atoms with E-state index >= 15 is 0 Å². The Hall–Kier alpha value is -4.02. The van der Waals surface area contributed by atoms with Gasteiger partial charge in [0, 0.05) is 65.2 Å². The van der Waals surface area contributed by atoms with Crippen LogP contribution in [0.15, 0.2) is 60.7 Å². The normalized spacial score (nSPS) is 9.18. The molecule has 0 amide bonds. The Bertz CT molecular complexity index is 1660. The summed E-state index contributed by atoms with van der Waals surface area (Å²) in [6, 6.07) is 20.5. The van der Waals surface area contributed by atoms with Crippen LogP contribution < -0.4 is 0 Å². The second-order valence-electron chi connectivity index (χ2n) is 10.5. The van der Waals surface area contributed by atoms with E-state index in [2.05, 4.69) is 139 Å². The minimum Gasteiger partial charge on any atom is -0.0654 e. The molecule has 3 aromatic rings. The van der Waals surface area contributed by atoms with Gasteiger partial charge in [-0.15, -0.1) is 0 Å². The number of rotatable bonds is 10. The summed E-state index contributed by atoms with van der Waals surface area (Å²) >= 11 is 6.43. The largest absolute Gasteiger partial charge is 0.0654 e. The minimum absolute atomic E-state index is 0.864. The maximum absolute atomic E-state index is 3.21. The van der Waals surface area contributed by atoms with Crippen LogP contribution in [0.1, 0.15) is 110 Å². The molecule has 0 aliphatic carbocycles. The van der Waals surface area contributed by atoms with Crippen LogP contribution in [0.25, 0.3) is 0 Å². The van der Waals surface area contributed by atoms with Crippen LogP contribution in [-0.2, 0) is 12.8 Å². The molecule has 0 nitrogen and oxygen atoms in total. The molecule has 0 bridgehead atoms. The summed E-state index contributed by atoms with van der Waals surface area (Å²) in [6.07, 6.45) is 11.9. The SMILES string of the molecule is CCCCCCc1cc(C#CBr)cc(C#CC#Cc2cccc(C#CC#Cc3cc(C#CBr)cc(CCCCCC)c3)c2)c1. The summed E-state index contributed by atoms with van der Waals surface area (Å²) in [7, 11) is 0. The molecule has 0 atom stereocenters. The van der Waals surface area contributed by atoms with Gasteiger partial charge in [-0.05, 0) is 125 Å². The van der Waals surface area contributed by atoms with Crippen molar-refractivity contribution in [2.75, 3.05) is 0 Å². The molecule has 0 unspecified atom stereocenters. The van der Waals surface area contributed by atoms with Crippen molar-refractivity contribution in [1.29, 1.82) is 0 Å². The monoisotopic (exact) mass is 698 g/mol. The van der Waals surface area contributed by atoms with Crippen LogP contribution in [-0.4, -0.2) is 0 Å². The molecule has 3 aromatic carbocycles. The second-order valence-corrected chi connectivity index (χ2v) is 11.3. The zero-order chi connectivity index (χ0) is 31.2. The third kappa shape index (κ3) is 13.5. The lowest BCUT2D eigenvalue weighted by Crippen LogP contribution is -1.90. The fourth-order valence-corrected chi connectivity index (χ4v) is 5.13. The fraction of sp³-hybridized carbons (Fsp3) is 0.286. The Morgan fingerprint density at radius 1 is 0.432 bits per heavy atom. The van der Waals surface area contributed by atoms with E-state index in [1.807, 2.05) is 36.4 Å². The Balaban J connectivity index is 1.70. The topological polar surface area (TPSA) is 0 Å². The lowest BCUT2D eigenvalue weighted by atomic mass is 10.0. The van der Waals surface area contributed by atoms with E-state index in [0.717, 1.165) is 46.2 Å². The third-order valence-electron chi connectivity index (χ3n) is 6.82. The number of unbranched alkanes of at least 4 members (excludes halogenated alkanes) is 6. The number of hydrogen-bond donors (Lipinski definition) is 0. The third-order valence-corrected chi connectivity index (χ3v) is 7.22. The summed E-state index contributed by atoms with van der Waals surface area (Å²) in [5.74, 6) is 30.9. The summed E-state index contributed by atoms with van der Waals surface area (Å²) in [5, 5.41) is 0. The molecule has 0 N–H and O–H groups in total. The van der Waals surface area contributed by atoms with Gasteiger partial charge in [0.2, 0.25) is 0 Å². The molecule has 0 aliphatic rings. The highest BCUT2D eigenvalue weighted by Crippen LogP contribution is 2.15. The first-order chi connectivity index (χ1) is 21.6. The van der Waals surface area contributed by atoms with Gasteiger partial charge >= 0.3 is 0 Å². The molecule has 3 rings (SSSR count). The van der Waals surface area contributed by atoms with Gasteiger partial charge in [-0.3, -0.25) is 0 Å². The van der Waals surface area contributed by atoms with Gasteiger partial charge in [0.25, 0.3) is 0 Å². The molecule has 218 valence electrons. The number of hydrogen-bond acceptors (Lipinski definition) is 0.